The van der Waals surface area contributed by atoms with Gasteiger partial charge in [-0.3, -0.25) is 0 Å². The number of ether oxygens (including phenoxy) is 1. The second-order valence-electron chi connectivity index (χ2n) is 5.24. The lowest BCUT2D eigenvalue weighted by Gasteiger charge is -2.05. The van der Waals surface area contributed by atoms with Gasteiger partial charge in [-0.2, -0.15) is 0 Å². The maximum absolute atomic E-state index is 11.5. The number of carbonyl (C=O) groups excluding carboxylic acids is 1. The molecule has 1 aromatic heterocycles. The van der Waals surface area contributed by atoms with Gasteiger partial charge >= 0.3 is 5.97 Å². The molecule has 0 saturated heterocycles. The number of aryl methyl sites for hydroxylation is 1. The average Bonchev–Trinajstić information content (AvgIpc) is 3.08. The molecule has 3 aromatic rings. The molecule has 0 radical (unpaired) electrons. The number of carbonyl (C=O) groups is 1. The molecule has 0 amide bonds. The van der Waals surface area contributed by atoms with Crippen LogP contribution in [0, 0.1) is 6.92 Å². The van der Waals surface area contributed by atoms with Crippen molar-refractivity contribution in [3.8, 4) is 11.5 Å². The van der Waals surface area contributed by atoms with E-state index in [-0.39, 0.29) is 5.97 Å². The van der Waals surface area contributed by atoms with Crippen LogP contribution in [0.15, 0.2) is 52.9 Å². The first-order valence-electron chi connectivity index (χ1n) is 7.48. The second kappa shape index (κ2) is 6.95. The predicted octanol–water partition coefficient (Wildman–Crippen LogP) is 3.44. The van der Waals surface area contributed by atoms with E-state index in [2.05, 4.69) is 15.5 Å². The molecule has 0 unspecified atom stereocenters. The van der Waals surface area contributed by atoms with Crippen molar-refractivity contribution in [2.24, 2.45) is 0 Å². The van der Waals surface area contributed by atoms with E-state index in [1.54, 1.807) is 18.2 Å². The van der Waals surface area contributed by atoms with Crippen LogP contribution in [0.1, 0.15) is 21.8 Å². The minimum absolute atomic E-state index is 0.365. The molecule has 0 aliphatic heterocycles. The summed E-state index contributed by atoms with van der Waals surface area (Å²) in [5, 5.41) is 11.3. The molecule has 0 fully saturated rings. The SMILES string of the molecule is COC(=O)c1cccc(NCc2nnc(-c3ccccc3C)o2)c1. The van der Waals surface area contributed by atoms with E-state index in [1.165, 1.54) is 7.11 Å². The van der Waals surface area contributed by atoms with Crippen LogP contribution in [0.2, 0.25) is 0 Å². The van der Waals surface area contributed by atoms with Gasteiger partial charge in [0.25, 0.3) is 0 Å². The number of esters is 1. The van der Waals surface area contributed by atoms with Crippen LogP contribution < -0.4 is 5.32 Å². The number of anilines is 1. The fraction of sp³-hybridized carbons (Fsp3) is 0.167. The third-order valence-electron chi connectivity index (χ3n) is 3.57. The summed E-state index contributed by atoms with van der Waals surface area (Å²) in [4.78, 5) is 11.5. The molecule has 0 atom stereocenters. The zero-order valence-electron chi connectivity index (χ0n) is 13.4. The first kappa shape index (κ1) is 15.7. The van der Waals surface area contributed by atoms with Gasteiger partial charge in [0.05, 0.1) is 19.2 Å². The molecule has 0 aliphatic rings. The predicted molar refractivity (Wildman–Crippen MR) is 89.6 cm³/mol. The topological polar surface area (TPSA) is 77.2 Å². The van der Waals surface area contributed by atoms with Crippen LogP contribution in [-0.4, -0.2) is 23.3 Å². The van der Waals surface area contributed by atoms with Crippen LogP contribution in [0.5, 0.6) is 0 Å². The van der Waals surface area contributed by atoms with Crippen molar-refractivity contribution >= 4 is 11.7 Å². The molecule has 6 nitrogen and oxygen atoms in total. The van der Waals surface area contributed by atoms with Crippen molar-refractivity contribution in [3.05, 3.63) is 65.5 Å². The summed E-state index contributed by atoms with van der Waals surface area (Å²) in [6, 6.07) is 14.9. The normalized spacial score (nSPS) is 10.4. The average molecular weight is 323 g/mol. The first-order chi connectivity index (χ1) is 11.7. The molecule has 0 aliphatic carbocycles. The molecule has 122 valence electrons. The number of rotatable bonds is 5. The highest BCUT2D eigenvalue weighted by Crippen LogP contribution is 2.22. The van der Waals surface area contributed by atoms with Gasteiger partial charge in [0.1, 0.15) is 0 Å². The number of aromatic nitrogens is 2. The third kappa shape index (κ3) is 3.43. The number of benzene rings is 2. The summed E-state index contributed by atoms with van der Waals surface area (Å²) >= 11 is 0. The largest absolute Gasteiger partial charge is 0.465 e. The van der Waals surface area contributed by atoms with E-state index in [1.807, 2.05) is 37.3 Å². The zero-order valence-corrected chi connectivity index (χ0v) is 13.4. The highest BCUT2D eigenvalue weighted by atomic mass is 16.5. The number of methoxy groups -OCH3 is 1. The van der Waals surface area contributed by atoms with Crippen molar-refractivity contribution in [2.75, 3.05) is 12.4 Å². The van der Waals surface area contributed by atoms with Crippen molar-refractivity contribution in [3.63, 3.8) is 0 Å². The summed E-state index contributed by atoms with van der Waals surface area (Å²) in [5.41, 5.74) is 3.25. The Kier molecular flexibility index (Phi) is 4.56. The Morgan fingerprint density at radius 3 is 2.79 bits per heavy atom. The lowest BCUT2D eigenvalue weighted by atomic mass is 10.1. The quantitative estimate of drug-likeness (QED) is 0.725. The van der Waals surface area contributed by atoms with E-state index < -0.39 is 0 Å². The van der Waals surface area contributed by atoms with Gasteiger partial charge in [0, 0.05) is 11.3 Å². The van der Waals surface area contributed by atoms with E-state index in [9.17, 15) is 4.79 Å². The summed E-state index contributed by atoms with van der Waals surface area (Å²) in [6.07, 6.45) is 0. The maximum atomic E-state index is 11.5. The van der Waals surface area contributed by atoms with Gasteiger partial charge in [0.2, 0.25) is 11.8 Å². The third-order valence-corrected chi connectivity index (χ3v) is 3.57. The van der Waals surface area contributed by atoms with Crippen LogP contribution >= 0.6 is 0 Å². The first-order valence-corrected chi connectivity index (χ1v) is 7.48. The standard InChI is InChI=1S/C18H17N3O3/c1-12-6-3-4-9-15(12)17-21-20-16(24-17)11-19-14-8-5-7-13(10-14)18(22)23-2/h3-10,19H,11H2,1-2H3. The summed E-state index contributed by atoms with van der Waals surface area (Å²) in [6.45, 7) is 2.36. The maximum Gasteiger partial charge on any atom is 0.337 e. The van der Waals surface area contributed by atoms with Gasteiger partial charge in [0.15, 0.2) is 0 Å². The Morgan fingerprint density at radius 2 is 2.00 bits per heavy atom. The Bertz CT molecular complexity index is 858. The Hall–Kier alpha value is -3.15. The molecule has 0 bridgehead atoms. The van der Waals surface area contributed by atoms with E-state index in [0.29, 0.717) is 23.9 Å². The lowest BCUT2D eigenvalue weighted by molar-refractivity contribution is 0.0601. The van der Waals surface area contributed by atoms with Crippen molar-refractivity contribution in [1.82, 2.24) is 10.2 Å². The number of nitrogens with one attached hydrogen (secondary N) is 1. The molecule has 0 spiro atoms. The lowest BCUT2D eigenvalue weighted by Crippen LogP contribution is -2.04. The van der Waals surface area contributed by atoms with E-state index >= 15 is 0 Å². The van der Waals surface area contributed by atoms with Gasteiger partial charge in [-0.1, -0.05) is 24.3 Å². The van der Waals surface area contributed by atoms with Crippen LogP contribution in [0.25, 0.3) is 11.5 Å². The second-order valence-corrected chi connectivity index (χ2v) is 5.24. The Labute approximate surface area is 139 Å². The molecular formula is C18H17N3O3. The van der Waals surface area contributed by atoms with Gasteiger partial charge in [-0.25, -0.2) is 4.79 Å². The molecule has 24 heavy (non-hydrogen) atoms. The number of hydrogen-bond acceptors (Lipinski definition) is 6. The fourth-order valence-electron chi connectivity index (χ4n) is 2.30. The minimum Gasteiger partial charge on any atom is -0.465 e. The molecular weight excluding hydrogens is 306 g/mol. The van der Waals surface area contributed by atoms with Gasteiger partial charge in [-0.05, 0) is 36.8 Å². The molecule has 0 saturated carbocycles. The Balaban J connectivity index is 1.70. The number of nitrogens with zero attached hydrogens (tertiary/aromatic N) is 2. The monoisotopic (exact) mass is 323 g/mol. The zero-order chi connectivity index (χ0) is 16.9. The molecule has 1 N–H and O–H groups in total. The van der Waals surface area contributed by atoms with Crippen molar-refractivity contribution in [1.29, 1.82) is 0 Å². The molecule has 6 heteroatoms. The van der Waals surface area contributed by atoms with Crippen molar-refractivity contribution < 1.29 is 13.9 Å². The van der Waals surface area contributed by atoms with Gasteiger partial charge < -0.3 is 14.5 Å². The van der Waals surface area contributed by atoms with Crippen LogP contribution in [-0.2, 0) is 11.3 Å². The minimum atomic E-state index is -0.377. The summed E-state index contributed by atoms with van der Waals surface area (Å²) < 4.78 is 10.4. The Morgan fingerprint density at radius 1 is 1.17 bits per heavy atom. The van der Waals surface area contributed by atoms with E-state index in [4.69, 9.17) is 9.15 Å². The smallest absolute Gasteiger partial charge is 0.337 e. The highest BCUT2D eigenvalue weighted by molar-refractivity contribution is 5.90. The molecule has 1 heterocycles. The summed E-state index contributed by atoms with van der Waals surface area (Å²) in [5.74, 6) is 0.586. The molecule has 3 rings (SSSR count). The van der Waals surface area contributed by atoms with Gasteiger partial charge in [-0.15, -0.1) is 10.2 Å². The highest BCUT2D eigenvalue weighted by Gasteiger charge is 2.11. The van der Waals surface area contributed by atoms with Crippen molar-refractivity contribution in [2.45, 2.75) is 13.5 Å². The van der Waals surface area contributed by atoms with Crippen LogP contribution in [0.4, 0.5) is 5.69 Å². The van der Waals surface area contributed by atoms with Crippen LogP contribution in [0.3, 0.4) is 0 Å². The summed E-state index contributed by atoms with van der Waals surface area (Å²) in [7, 11) is 1.36. The molecule has 2 aromatic carbocycles. The fourth-order valence-corrected chi connectivity index (χ4v) is 2.30. The number of hydrogen-bond donors (Lipinski definition) is 1. The van der Waals surface area contributed by atoms with E-state index in [0.717, 1.165) is 16.8 Å².